The summed E-state index contributed by atoms with van der Waals surface area (Å²) in [5, 5.41) is 0. The number of benzene rings is 1. The largest absolute Gasteiger partial charge is 0.264 e. The van der Waals surface area contributed by atoms with Crippen LogP contribution in [0.5, 0.6) is 0 Å². The first kappa shape index (κ1) is 12.5. The van der Waals surface area contributed by atoms with Gasteiger partial charge < -0.3 is 0 Å². The standard InChI is InChI=1S/C17H15N3/c1-12-5-7-14(8-6-12)16-10-13(2)19-17(20-16)15-4-3-9-18-11-15/h3-11H,1-2H3. The minimum Gasteiger partial charge on any atom is -0.264 e. The maximum absolute atomic E-state index is 4.65. The van der Waals surface area contributed by atoms with Gasteiger partial charge in [0.1, 0.15) is 0 Å². The maximum atomic E-state index is 4.65. The van der Waals surface area contributed by atoms with Crippen molar-refractivity contribution in [1.82, 2.24) is 15.0 Å². The lowest BCUT2D eigenvalue weighted by molar-refractivity contribution is 1.11. The van der Waals surface area contributed by atoms with E-state index in [4.69, 9.17) is 0 Å². The summed E-state index contributed by atoms with van der Waals surface area (Å²) < 4.78 is 0. The predicted molar refractivity (Wildman–Crippen MR) is 80.2 cm³/mol. The van der Waals surface area contributed by atoms with Crippen molar-refractivity contribution in [3.05, 3.63) is 66.1 Å². The highest BCUT2D eigenvalue weighted by Crippen LogP contribution is 2.22. The van der Waals surface area contributed by atoms with E-state index in [0.29, 0.717) is 5.82 Å². The fraction of sp³-hybridized carbons (Fsp3) is 0.118. The van der Waals surface area contributed by atoms with Gasteiger partial charge in [-0.3, -0.25) is 4.98 Å². The Labute approximate surface area is 118 Å². The summed E-state index contributed by atoms with van der Waals surface area (Å²) in [6.45, 7) is 4.06. The lowest BCUT2D eigenvalue weighted by atomic mass is 10.1. The van der Waals surface area contributed by atoms with Gasteiger partial charge in [-0.25, -0.2) is 9.97 Å². The molecule has 0 unspecified atom stereocenters. The third-order valence-electron chi connectivity index (χ3n) is 3.12. The molecule has 2 heterocycles. The van der Waals surface area contributed by atoms with Gasteiger partial charge in [0, 0.05) is 29.2 Å². The molecule has 0 N–H and O–H groups in total. The number of rotatable bonds is 2. The van der Waals surface area contributed by atoms with Crippen molar-refractivity contribution >= 4 is 0 Å². The molecule has 1 aromatic carbocycles. The number of nitrogens with zero attached hydrogens (tertiary/aromatic N) is 3. The Balaban J connectivity index is 2.09. The number of aromatic nitrogens is 3. The van der Waals surface area contributed by atoms with Gasteiger partial charge in [-0.1, -0.05) is 29.8 Å². The highest BCUT2D eigenvalue weighted by atomic mass is 14.9. The molecule has 0 aliphatic carbocycles. The monoisotopic (exact) mass is 261 g/mol. The van der Waals surface area contributed by atoms with Gasteiger partial charge in [-0.05, 0) is 32.0 Å². The molecule has 0 amide bonds. The zero-order valence-corrected chi connectivity index (χ0v) is 11.5. The molecule has 3 heteroatoms. The molecule has 0 atom stereocenters. The molecule has 3 rings (SSSR count). The SMILES string of the molecule is Cc1ccc(-c2cc(C)nc(-c3cccnc3)n2)cc1. The average molecular weight is 261 g/mol. The molecule has 0 bridgehead atoms. The van der Waals surface area contributed by atoms with Crippen molar-refractivity contribution in [2.75, 3.05) is 0 Å². The summed E-state index contributed by atoms with van der Waals surface area (Å²) in [4.78, 5) is 13.3. The number of pyridine rings is 1. The zero-order valence-electron chi connectivity index (χ0n) is 11.5. The van der Waals surface area contributed by atoms with Crippen LogP contribution in [-0.2, 0) is 0 Å². The molecule has 0 fully saturated rings. The Bertz CT molecular complexity index is 719. The molecule has 3 aromatic rings. The highest BCUT2D eigenvalue weighted by molar-refractivity contribution is 5.64. The van der Waals surface area contributed by atoms with Crippen molar-refractivity contribution in [3.8, 4) is 22.6 Å². The van der Waals surface area contributed by atoms with E-state index in [1.165, 1.54) is 5.56 Å². The Hall–Kier alpha value is -2.55. The van der Waals surface area contributed by atoms with Gasteiger partial charge in [0.05, 0.1) is 5.69 Å². The van der Waals surface area contributed by atoms with E-state index in [0.717, 1.165) is 22.5 Å². The summed E-state index contributed by atoms with van der Waals surface area (Å²) in [6, 6.07) is 14.2. The van der Waals surface area contributed by atoms with Gasteiger partial charge in [0.15, 0.2) is 5.82 Å². The fourth-order valence-electron chi connectivity index (χ4n) is 2.06. The first-order chi connectivity index (χ1) is 9.72. The molecule has 0 saturated carbocycles. The van der Waals surface area contributed by atoms with Crippen LogP contribution < -0.4 is 0 Å². The Morgan fingerprint density at radius 3 is 2.35 bits per heavy atom. The maximum Gasteiger partial charge on any atom is 0.161 e. The Morgan fingerprint density at radius 1 is 0.850 bits per heavy atom. The predicted octanol–water partition coefficient (Wildman–Crippen LogP) is 3.82. The first-order valence-electron chi connectivity index (χ1n) is 6.55. The molecule has 2 aromatic heterocycles. The Kier molecular flexibility index (Phi) is 3.25. The fourth-order valence-corrected chi connectivity index (χ4v) is 2.06. The minimum absolute atomic E-state index is 0.716. The molecule has 0 aliphatic rings. The van der Waals surface area contributed by atoms with Crippen LogP contribution in [0.4, 0.5) is 0 Å². The smallest absolute Gasteiger partial charge is 0.161 e. The summed E-state index contributed by atoms with van der Waals surface area (Å²) in [6.07, 6.45) is 3.54. The second-order valence-electron chi connectivity index (χ2n) is 4.83. The van der Waals surface area contributed by atoms with E-state index >= 15 is 0 Å². The molecular weight excluding hydrogens is 246 g/mol. The second-order valence-corrected chi connectivity index (χ2v) is 4.83. The molecular formula is C17H15N3. The van der Waals surface area contributed by atoms with Gasteiger partial charge in [-0.15, -0.1) is 0 Å². The number of hydrogen-bond acceptors (Lipinski definition) is 3. The van der Waals surface area contributed by atoms with E-state index in [2.05, 4.69) is 46.1 Å². The van der Waals surface area contributed by atoms with Crippen LogP contribution in [0.15, 0.2) is 54.9 Å². The van der Waals surface area contributed by atoms with E-state index < -0.39 is 0 Å². The third-order valence-corrected chi connectivity index (χ3v) is 3.12. The van der Waals surface area contributed by atoms with E-state index in [1.807, 2.05) is 25.1 Å². The number of hydrogen-bond donors (Lipinski definition) is 0. The van der Waals surface area contributed by atoms with Crippen molar-refractivity contribution in [2.24, 2.45) is 0 Å². The minimum atomic E-state index is 0.716. The van der Waals surface area contributed by atoms with Crippen LogP contribution in [0.25, 0.3) is 22.6 Å². The van der Waals surface area contributed by atoms with Crippen LogP contribution in [0.1, 0.15) is 11.3 Å². The van der Waals surface area contributed by atoms with Gasteiger partial charge in [-0.2, -0.15) is 0 Å². The lowest BCUT2D eigenvalue weighted by Crippen LogP contribution is -1.95. The van der Waals surface area contributed by atoms with Crippen molar-refractivity contribution in [1.29, 1.82) is 0 Å². The van der Waals surface area contributed by atoms with Gasteiger partial charge in [0.2, 0.25) is 0 Å². The normalized spacial score (nSPS) is 10.5. The molecule has 98 valence electrons. The summed E-state index contributed by atoms with van der Waals surface area (Å²) in [5.41, 5.74) is 5.17. The lowest BCUT2D eigenvalue weighted by Gasteiger charge is -2.06. The second kappa shape index (κ2) is 5.21. The number of aryl methyl sites for hydroxylation is 2. The van der Waals surface area contributed by atoms with Crippen molar-refractivity contribution in [2.45, 2.75) is 13.8 Å². The van der Waals surface area contributed by atoms with Gasteiger partial charge >= 0.3 is 0 Å². The van der Waals surface area contributed by atoms with Crippen LogP contribution in [-0.4, -0.2) is 15.0 Å². The molecule has 0 spiro atoms. The first-order valence-corrected chi connectivity index (χ1v) is 6.55. The quantitative estimate of drug-likeness (QED) is 0.704. The molecule has 0 aliphatic heterocycles. The van der Waals surface area contributed by atoms with Crippen molar-refractivity contribution < 1.29 is 0 Å². The highest BCUT2D eigenvalue weighted by Gasteiger charge is 2.06. The Morgan fingerprint density at radius 2 is 1.65 bits per heavy atom. The van der Waals surface area contributed by atoms with Crippen LogP contribution >= 0.6 is 0 Å². The van der Waals surface area contributed by atoms with E-state index in [9.17, 15) is 0 Å². The summed E-state index contributed by atoms with van der Waals surface area (Å²) >= 11 is 0. The van der Waals surface area contributed by atoms with Crippen LogP contribution in [0, 0.1) is 13.8 Å². The van der Waals surface area contributed by atoms with E-state index in [1.54, 1.807) is 12.4 Å². The van der Waals surface area contributed by atoms with E-state index in [-0.39, 0.29) is 0 Å². The molecule has 20 heavy (non-hydrogen) atoms. The molecule has 3 nitrogen and oxygen atoms in total. The summed E-state index contributed by atoms with van der Waals surface area (Å²) in [7, 11) is 0. The topological polar surface area (TPSA) is 38.7 Å². The van der Waals surface area contributed by atoms with Crippen LogP contribution in [0.3, 0.4) is 0 Å². The molecule has 0 saturated heterocycles. The molecule has 0 radical (unpaired) electrons. The third kappa shape index (κ3) is 2.57. The zero-order chi connectivity index (χ0) is 13.9. The van der Waals surface area contributed by atoms with Crippen LogP contribution in [0.2, 0.25) is 0 Å². The van der Waals surface area contributed by atoms with Gasteiger partial charge in [0.25, 0.3) is 0 Å². The van der Waals surface area contributed by atoms with Crippen molar-refractivity contribution in [3.63, 3.8) is 0 Å². The average Bonchev–Trinajstić information content (AvgIpc) is 2.48. The summed E-state index contributed by atoms with van der Waals surface area (Å²) in [5.74, 6) is 0.716.